The lowest BCUT2D eigenvalue weighted by Gasteiger charge is -2.23. The van der Waals surface area contributed by atoms with Crippen molar-refractivity contribution in [2.75, 3.05) is 13.7 Å². The van der Waals surface area contributed by atoms with E-state index in [1.54, 1.807) is 14.0 Å². The summed E-state index contributed by atoms with van der Waals surface area (Å²) in [5, 5.41) is 8.95. The van der Waals surface area contributed by atoms with Crippen LogP contribution in [0, 0.1) is 0 Å². The molecule has 0 aliphatic rings. The zero-order valence-electron chi connectivity index (χ0n) is 10.7. The molecule has 1 aromatic rings. The van der Waals surface area contributed by atoms with Crippen molar-refractivity contribution in [3.8, 4) is 0 Å². The van der Waals surface area contributed by atoms with Crippen LogP contribution in [0.2, 0.25) is 0 Å². The Balaban J connectivity index is 2.93. The minimum absolute atomic E-state index is 0.148. The van der Waals surface area contributed by atoms with Crippen molar-refractivity contribution in [3.63, 3.8) is 0 Å². The molecule has 0 spiro atoms. The molecule has 7 heteroatoms. The Bertz CT molecular complexity index is 546. The van der Waals surface area contributed by atoms with Crippen molar-refractivity contribution in [2.45, 2.75) is 19.5 Å². The number of hydrogen-bond acceptors (Lipinski definition) is 4. The Morgan fingerprint density at radius 2 is 2.11 bits per heavy atom. The molecule has 0 aliphatic heterocycles. The first kappa shape index (κ1) is 14.2. The fourth-order valence-corrected chi connectivity index (χ4v) is 1.36. The summed E-state index contributed by atoms with van der Waals surface area (Å²) in [4.78, 5) is 36.1. The largest absolute Gasteiger partial charge is 0.394 e. The predicted octanol–water partition coefficient (Wildman–Crippen LogP) is -1.61. The molecule has 0 saturated carbocycles. The van der Waals surface area contributed by atoms with Gasteiger partial charge in [0.05, 0.1) is 12.6 Å². The number of carbonyl (C=O) groups excluding carboxylic acids is 1. The number of rotatable bonds is 4. The number of likely N-dealkylation sites (N-methyl/N-ethyl adjacent to an activating group) is 1. The molecule has 1 amide bonds. The van der Waals surface area contributed by atoms with Gasteiger partial charge in [-0.2, -0.15) is 0 Å². The number of aliphatic hydroxyl groups is 1. The number of aromatic nitrogens is 2. The lowest BCUT2D eigenvalue weighted by atomic mass is 10.3. The Labute approximate surface area is 104 Å². The summed E-state index contributed by atoms with van der Waals surface area (Å²) in [5.41, 5.74) is -0.957. The van der Waals surface area contributed by atoms with Gasteiger partial charge in [0.1, 0.15) is 6.54 Å². The average Bonchev–Trinajstić information content (AvgIpc) is 2.37. The first-order chi connectivity index (χ1) is 8.38. The van der Waals surface area contributed by atoms with E-state index in [1.807, 2.05) is 0 Å². The van der Waals surface area contributed by atoms with Crippen LogP contribution in [0.25, 0.3) is 0 Å². The van der Waals surface area contributed by atoms with Gasteiger partial charge >= 0.3 is 5.69 Å². The molecule has 0 radical (unpaired) electrons. The van der Waals surface area contributed by atoms with Crippen LogP contribution in [-0.4, -0.2) is 44.7 Å². The van der Waals surface area contributed by atoms with Gasteiger partial charge in [-0.25, -0.2) is 4.79 Å². The molecule has 0 saturated heterocycles. The van der Waals surface area contributed by atoms with E-state index in [0.717, 1.165) is 9.13 Å². The van der Waals surface area contributed by atoms with Crippen LogP contribution < -0.4 is 11.2 Å². The highest BCUT2D eigenvalue weighted by Gasteiger charge is 2.16. The van der Waals surface area contributed by atoms with Gasteiger partial charge in [0.2, 0.25) is 5.91 Å². The molecule has 1 atom stereocenters. The minimum Gasteiger partial charge on any atom is -0.394 e. The van der Waals surface area contributed by atoms with Crippen LogP contribution in [0.4, 0.5) is 0 Å². The van der Waals surface area contributed by atoms with Gasteiger partial charge in [-0.3, -0.25) is 18.7 Å². The van der Waals surface area contributed by atoms with Crippen LogP contribution in [-0.2, 0) is 18.4 Å². The van der Waals surface area contributed by atoms with E-state index < -0.39 is 11.2 Å². The number of nitrogens with zero attached hydrogens (tertiary/aromatic N) is 3. The van der Waals surface area contributed by atoms with Crippen molar-refractivity contribution < 1.29 is 9.90 Å². The topological polar surface area (TPSA) is 84.5 Å². The van der Waals surface area contributed by atoms with Crippen LogP contribution >= 0.6 is 0 Å². The molecule has 1 aromatic heterocycles. The van der Waals surface area contributed by atoms with Gasteiger partial charge in [-0.1, -0.05) is 0 Å². The molecule has 7 nitrogen and oxygen atoms in total. The van der Waals surface area contributed by atoms with Gasteiger partial charge in [-0.05, 0) is 6.92 Å². The molecule has 0 aromatic carbocycles. The molecule has 0 fully saturated rings. The van der Waals surface area contributed by atoms with Crippen LogP contribution in [0.3, 0.4) is 0 Å². The Morgan fingerprint density at radius 1 is 1.50 bits per heavy atom. The van der Waals surface area contributed by atoms with Gasteiger partial charge in [0, 0.05) is 26.4 Å². The molecule has 100 valence electrons. The number of carbonyl (C=O) groups is 1. The third-order valence-electron chi connectivity index (χ3n) is 2.88. The fourth-order valence-electron chi connectivity index (χ4n) is 1.36. The summed E-state index contributed by atoms with van der Waals surface area (Å²) in [6.45, 7) is 1.39. The summed E-state index contributed by atoms with van der Waals surface area (Å²) in [5.74, 6) is -0.308. The fraction of sp³-hybridized carbons (Fsp3) is 0.545. The van der Waals surface area contributed by atoms with E-state index in [0.29, 0.717) is 0 Å². The second kappa shape index (κ2) is 5.63. The molecular formula is C11H17N3O4. The van der Waals surface area contributed by atoms with Gasteiger partial charge in [0.25, 0.3) is 5.56 Å². The van der Waals surface area contributed by atoms with Crippen molar-refractivity contribution in [3.05, 3.63) is 33.1 Å². The van der Waals surface area contributed by atoms with Crippen LogP contribution in [0.15, 0.2) is 21.9 Å². The van der Waals surface area contributed by atoms with Crippen molar-refractivity contribution in [1.29, 1.82) is 0 Å². The minimum atomic E-state index is -0.541. The van der Waals surface area contributed by atoms with Gasteiger partial charge in [0.15, 0.2) is 0 Å². The van der Waals surface area contributed by atoms with Crippen molar-refractivity contribution in [2.24, 2.45) is 7.05 Å². The summed E-state index contributed by atoms with van der Waals surface area (Å²) < 4.78 is 2.09. The zero-order valence-corrected chi connectivity index (χ0v) is 10.7. The first-order valence-corrected chi connectivity index (χ1v) is 5.51. The number of hydrogen-bond donors (Lipinski definition) is 1. The quantitative estimate of drug-likeness (QED) is 0.701. The molecule has 18 heavy (non-hydrogen) atoms. The SMILES string of the molecule is CC(CO)N(C)C(=O)Cn1ccc(=O)n(C)c1=O. The Hall–Kier alpha value is -1.89. The van der Waals surface area contributed by atoms with E-state index >= 15 is 0 Å². The van der Waals surface area contributed by atoms with Crippen LogP contribution in [0.5, 0.6) is 0 Å². The van der Waals surface area contributed by atoms with Gasteiger partial charge in [-0.15, -0.1) is 0 Å². The second-order valence-corrected chi connectivity index (χ2v) is 4.16. The highest BCUT2D eigenvalue weighted by atomic mass is 16.3. The number of aliphatic hydroxyl groups excluding tert-OH is 1. The molecule has 1 unspecified atom stereocenters. The predicted molar refractivity (Wildman–Crippen MR) is 65.3 cm³/mol. The molecule has 1 rings (SSSR count). The molecule has 1 N–H and O–H groups in total. The Morgan fingerprint density at radius 3 is 2.67 bits per heavy atom. The number of amides is 1. The highest BCUT2D eigenvalue weighted by molar-refractivity contribution is 5.75. The maximum atomic E-state index is 11.8. The summed E-state index contributed by atoms with van der Waals surface area (Å²) >= 11 is 0. The smallest absolute Gasteiger partial charge is 0.331 e. The van der Waals surface area contributed by atoms with Crippen molar-refractivity contribution >= 4 is 5.91 Å². The zero-order chi connectivity index (χ0) is 13.9. The third kappa shape index (κ3) is 2.86. The first-order valence-electron chi connectivity index (χ1n) is 5.51. The van der Waals surface area contributed by atoms with Gasteiger partial charge < -0.3 is 10.0 Å². The summed E-state index contributed by atoms with van der Waals surface area (Å²) in [7, 11) is 2.90. The lowest BCUT2D eigenvalue weighted by molar-refractivity contribution is -0.133. The maximum Gasteiger partial charge on any atom is 0.331 e. The average molecular weight is 255 g/mol. The van der Waals surface area contributed by atoms with E-state index in [1.165, 1.54) is 24.2 Å². The molecule has 1 heterocycles. The maximum absolute atomic E-state index is 11.8. The third-order valence-corrected chi connectivity index (χ3v) is 2.88. The summed E-state index contributed by atoms with van der Waals surface area (Å²) in [6.07, 6.45) is 1.29. The van der Waals surface area contributed by atoms with E-state index in [4.69, 9.17) is 5.11 Å². The standard InChI is InChI=1S/C11H17N3O4/c1-8(7-15)12(2)10(17)6-14-5-4-9(16)13(3)11(14)18/h4-5,8,15H,6-7H2,1-3H3. The lowest BCUT2D eigenvalue weighted by Crippen LogP contribution is -2.43. The molecule has 0 aliphatic carbocycles. The second-order valence-electron chi connectivity index (χ2n) is 4.16. The highest BCUT2D eigenvalue weighted by Crippen LogP contribution is 1.96. The molecular weight excluding hydrogens is 238 g/mol. The van der Waals surface area contributed by atoms with E-state index in [9.17, 15) is 14.4 Å². The molecule has 0 bridgehead atoms. The van der Waals surface area contributed by atoms with Crippen LogP contribution in [0.1, 0.15) is 6.92 Å². The monoisotopic (exact) mass is 255 g/mol. The normalized spacial score (nSPS) is 12.2. The van der Waals surface area contributed by atoms with E-state index in [2.05, 4.69) is 0 Å². The van der Waals surface area contributed by atoms with E-state index in [-0.39, 0.29) is 25.1 Å². The van der Waals surface area contributed by atoms with Crippen molar-refractivity contribution in [1.82, 2.24) is 14.0 Å². The Kier molecular flexibility index (Phi) is 4.43. The summed E-state index contributed by atoms with van der Waals surface area (Å²) in [6, 6.07) is 0.908.